The number of hydrogen-bond donors (Lipinski definition) is 1. The minimum Gasteiger partial charge on any atom is -0.483 e. The smallest absolute Gasteiger partial charge is 0.261 e. The topological polar surface area (TPSA) is 58.6 Å². The Balaban J connectivity index is 1.69. The van der Waals surface area contributed by atoms with Crippen LogP contribution in [-0.4, -0.2) is 41.9 Å². The summed E-state index contributed by atoms with van der Waals surface area (Å²) in [5.41, 5.74) is 4.41. The van der Waals surface area contributed by atoms with E-state index in [-0.39, 0.29) is 24.5 Å². The number of benzene rings is 2. The summed E-state index contributed by atoms with van der Waals surface area (Å²) in [4.78, 5) is 28.0. The van der Waals surface area contributed by atoms with Crippen molar-refractivity contribution in [2.45, 2.75) is 78.3 Å². The maximum absolute atomic E-state index is 13.3. The zero-order valence-corrected chi connectivity index (χ0v) is 20.5. The summed E-state index contributed by atoms with van der Waals surface area (Å²) in [6, 6.07) is 13.8. The van der Waals surface area contributed by atoms with Gasteiger partial charge in [-0.3, -0.25) is 9.59 Å². The summed E-state index contributed by atoms with van der Waals surface area (Å²) in [5, 5.41) is 3.18. The number of aryl methyl sites for hydroxylation is 2. The molecule has 1 fully saturated rings. The number of nitrogens with one attached hydrogen (secondary N) is 1. The lowest BCUT2D eigenvalue weighted by Crippen LogP contribution is -2.52. The fourth-order valence-electron chi connectivity index (χ4n) is 4.51. The standard InChI is InChI=1S/C28H38N2O3/c1-20-17-21(2)22(3)26(18-20)33-19-27(31)30(16-15-24-11-7-5-8-12-24)23(4)28(32)29-25-13-9-6-10-14-25/h5,7-8,11-12,17-18,23,25H,6,9-10,13-16,19H2,1-4H3,(H,29,32)/t23-/m1/s1. The second kappa shape index (κ2) is 11.9. The van der Waals surface area contributed by atoms with Gasteiger partial charge >= 0.3 is 0 Å². The predicted molar refractivity (Wildman–Crippen MR) is 132 cm³/mol. The summed E-state index contributed by atoms with van der Waals surface area (Å²) in [5.74, 6) is 0.477. The maximum atomic E-state index is 13.3. The molecule has 0 saturated heterocycles. The molecular weight excluding hydrogens is 412 g/mol. The van der Waals surface area contributed by atoms with Crippen LogP contribution in [0.4, 0.5) is 0 Å². The molecule has 2 amide bonds. The number of carbonyl (C=O) groups is 2. The Morgan fingerprint density at radius 3 is 2.45 bits per heavy atom. The molecule has 1 saturated carbocycles. The van der Waals surface area contributed by atoms with Crippen molar-refractivity contribution in [3.8, 4) is 5.75 Å². The average molecular weight is 451 g/mol. The Bertz CT molecular complexity index is 936. The lowest BCUT2D eigenvalue weighted by atomic mass is 9.95. The molecule has 5 heteroatoms. The van der Waals surface area contributed by atoms with Crippen LogP contribution in [0.15, 0.2) is 42.5 Å². The van der Waals surface area contributed by atoms with E-state index in [1.807, 2.05) is 64.1 Å². The van der Waals surface area contributed by atoms with Crippen molar-refractivity contribution in [3.05, 3.63) is 64.7 Å². The SMILES string of the molecule is Cc1cc(C)c(C)c(OCC(=O)N(CCc2ccccc2)[C@H](C)C(=O)NC2CCCCC2)c1. The van der Waals surface area contributed by atoms with Crippen LogP contribution in [0.5, 0.6) is 5.75 Å². The van der Waals surface area contributed by atoms with Crippen molar-refractivity contribution < 1.29 is 14.3 Å². The minimum atomic E-state index is -0.549. The van der Waals surface area contributed by atoms with Crippen molar-refractivity contribution in [3.63, 3.8) is 0 Å². The normalized spacial score (nSPS) is 15.0. The number of amides is 2. The van der Waals surface area contributed by atoms with E-state index in [0.29, 0.717) is 13.0 Å². The van der Waals surface area contributed by atoms with Crippen molar-refractivity contribution in [1.82, 2.24) is 10.2 Å². The number of ether oxygens (including phenoxy) is 1. The highest BCUT2D eigenvalue weighted by Crippen LogP contribution is 2.23. The molecule has 1 atom stereocenters. The first kappa shape index (κ1) is 24.8. The van der Waals surface area contributed by atoms with Crippen molar-refractivity contribution in [2.24, 2.45) is 0 Å². The van der Waals surface area contributed by atoms with Gasteiger partial charge in [0, 0.05) is 12.6 Å². The summed E-state index contributed by atoms with van der Waals surface area (Å²) in [7, 11) is 0. The lowest BCUT2D eigenvalue weighted by Gasteiger charge is -2.31. The Morgan fingerprint density at radius 1 is 1.06 bits per heavy atom. The van der Waals surface area contributed by atoms with Gasteiger partial charge in [0.05, 0.1) is 0 Å². The van der Waals surface area contributed by atoms with E-state index < -0.39 is 6.04 Å². The molecule has 1 N–H and O–H groups in total. The number of hydrogen-bond acceptors (Lipinski definition) is 3. The zero-order valence-electron chi connectivity index (χ0n) is 20.5. The molecule has 0 spiro atoms. The van der Waals surface area contributed by atoms with Crippen LogP contribution in [0, 0.1) is 20.8 Å². The van der Waals surface area contributed by atoms with Gasteiger partial charge in [-0.2, -0.15) is 0 Å². The van der Waals surface area contributed by atoms with Gasteiger partial charge in [-0.15, -0.1) is 0 Å². The van der Waals surface area contributed by atoms with Gasteiger partial charge in [-0.1, -0.05) is 55.7 Å². The minimum absolute atomic E-state index is 0.0779. The highest BCUT2D eigenvalue weighted by atomic mass is 16.5. The first-order valence-electron chi connectivity index (χ1n) is 12.2. The van der Waals surface area contributed by atoms with Crippen LogP contribution in [0.25, 0.3) is 0 Å². The molecule has 0 aromatic heterocycles. The highest BCUT2D eigenvalue weighted by molar-refractivity contribution is 5.88. The van der Waals surface area contributed by atoms with Gasteiger partial charge in [-0.05, 0) is 75.3 Å². The Hall–Kier alpha value is -2.82. The van der Waals surface area contributed by atoms with E-state index in [9.17, 15) is 9.59 Å². The van der Waals surface area contributed by atoms with Crippen LogP contribution in [0.1, 0.15) is 61.3 Å². The Labute approximate surface area is 198 Å². The summed E-state index contributed by atoms with van der Waals surface area (Å²) in [6.45, 7) is 8.27. The second-order valence-electron chi connectivity index (χ2n) is 9.34. The third kappa shape index (κ3) is 7.08. The highest BCUT2D eigenvalue weighted by Gasteiger charge is 2.28. The first-order chi connectivity index (χ1) is 15.8. The molecule has 2 aromatic carbocycles. The average Bonchev–Trinajstić information content (AvgIpc) is 2.81. The molecule has 1 aliphatic carbocycles. The Kier molecular flexibility index (Phi) is 8.93. The lowest BCUT2D eigenvalue weighted by molar-refractivity contribution is -0.141. The fraction of sp³-hybridized carbons (Fsp3) is 0.500. The quantitative estimate of drug-likeness (QED) is 0.591. The predicted octanol–water partition coefficient (Wildman–Crippen LogP) is 4.90. The molecule has 5 nitrogen and oxygen atoms in total. The molecule has 0 unspecified atom stereocenters. The zero-order chi connectivity index (χ0) is 23.8. The van der Waals surface area contributed by atoms with Gasteiger partial charge < -0.3 is 15.0 Å². The molecule has 0 heterocycles. The van der Waals surface area contributed by atoms with Crippen molar-refractivity contribution >= 4 is 11.8 Å². The van der Waals surface area contributed by atoms with Crippen LogP contribution in [0.2, 0.25) is 0 Å². The monoisotopic (exact) mass is 450 g/mol. The van der Waals surface area contributed by atoms with Gasteiger partial charge in [-0.25, -0.2) is 0 Å². The van der Waals surface area contributed by atoms with E-state index in [4.69, 9.17) is 4.74 Å². The van der Waals surface area contributed by atoms with Crippen LogP contribution < -0.4 is 10.1 Å². The van der Waals surface area contributed by atoms with E-state index >= 15 is 0 Å². The van der Waals surface area contributed by atoms with Gasteiger partial charge in [0.2, 0.25) is 5.91 Å². The third-order valence-electron chi connectivity index (χ3n) is 6.72. The van der Waals surface area contributed by atoms with E-state index in [1.54, 1.807) is 4.90 Å². The summed E-state index contributed by atoms with van der Waals surface area (Å²) in [6.07, 6.45) is 6.27. The van der Waals surface area contributed by atoms with E-state index in [2.05, 4.69) is 11.4 Å². The third-order valence-corrected chi connectivity index (χ3v) is 6.72. The van der Waals surface area contributed by atoms with Gasteiger partial charge in [0.1, 0.15) is 11.8 Å². The van der Waals surface area contributed by atoms with Gasteiger partial charge in [0.25, 0.3) is 5.91 Å². The van der Waals surface area contributed by atoms with E-state index in [1.165, 1.54) is 6.42 Å². The molecule has 1 aliphatic rings. The molecular formula is C28H38N2O3. The molecule has 0 radical (unpaired) electrons. The molecule has 0 bridgehead atoms. The van der Waals surface area contributed by atoms with Crippen LogP contribution >= 0.6 is 0 Å². The largest absolute Gasteiger partial charge is 0.483 e. The molecule has 2 aromatic rings. The number of carbonyl (C=O) groups excluding carboxylic acids is 2. The van der Waals surface area contributed by atoms with E-state index in [0.717, 1.165) is 53.7 Å². The molecule has 3 rings (SSSR count). The first-order valence-corrected chi connectivity index (χ1v) is 12.2. The summed E-state index contributed by atoms with van der Waals surface area (Å²) >= 11 is 0. The summed E-state index contributed by atoms with van der Waals surface area (Å²) < 4.78 is 5.95. The van der Waals surface area contributed by atoms with Crippen LogP contribution in [0.3, 0.4) is 0 Å². The molecule has 33 heavy (non-hydrogen) atoms. The van der Waals surface area contributed by atoms with Crippen molar-refractivity contribution in [2.75, 3.05) is 13.2 Å². The molecule has 0 aliphatic heterocycles. The number of nitrogens with zero attached hydrogens (tertiary/aromatic N) is 1. The van der Waals surface area contributed by atoms with Crippen molar-refractivity contribution in [1.29, 1.82) is 0 Å². The van der Waals surface area contributed by atoms with Crippen LogP contribution in [-0.2, 0) is 16.0 Å². The number of rotatable bonds is 9. The second-order valence-corrected chi connectivity index (χ2v) is 9.34. The maximum Gasteiger partial charge on any atom is 0.261 e. The molecule has 178 valence electrons. The Morgan fingerprint density at radius 2 is 1.76 bits per heavy atom. The fourth-order valence-corrected chi connectivity index (χ4v) is 4.51. The van der Waals surface area contributed by atoms with Gasteiger partial charge in [0.15, 0.2) is 6.61 Å².